The van der Waals surface area contributed by atoms with Gasteiger partial charge in [0.25, 0.3) is 0 Å². The number of likely N-dealkylation sites (tertiary alicyclic amines) is 1. The highest BCUT2D eigenvalue weighted by Gasteiger charge is 2.39. The lowest BCUT2D eigenvalue weighted by Crippen LogP contribution is -2.46. The number of carbonyl (C=O) groups is 1. The van der Waals surface area contributed by atoms with Crippen LogP contribution in [0.1, 0.15) is 62.3 Å². The van der Waals surface area contributed by atoms with Crippen molar-refractivity contribution < 1.29 is 9.90 Å². The topological polar surface area (TPSA) is 123 Å². The maximum Gasteiger partial charge on any atom is 0.228 e. The van der Waals surface area contributed by atoms with E-state index in [4.69, 9.17) is 5.73 Å². The van der Waals surface area contributed by atoms with Crippen LogP contribution in [0.25, 0.3) is 0 Å². The molecule has 1 aromatic heterocycles. The number of aliphatic hydroxyl groups is 1. The SMILES string of the molecule is N#CCC1(n2cc(C(N)O)c(NC(=O)C3CC3)n2)CCN(Cc2ccc(N3CCCC3)cc2)CC1. The summed E-state index contributed by atoms with van der Waals surface area (Å²) in [5.74, 6) is 0.232. The lowest BCUT2D eigenvalue weighted by Gasteiger charge is -2.40. The fourth-order valence-corrected chi connectivity index (χ4v) is 5.32. The highest BCUT2D eigenvalue weighted by Crippen LogP contribution is 2.36. The zero-order valence-electron chi connectivity index (χ0n) is 20.2. The minimum absolute atomic E-state index is 0.0173. The van der Waals surface area contributed by atoms with E-state index < -0.39 is 11.8 Å². The van der Waals surface area contributed by atoms with Gasteiger partial charge in [0.1, 0.15) is 6.23 Å². The van der Waals surface area contributed by atoms with Crippen molar-refractivity contribution in [3.63, 3.8) is 0 Å². The maximum atomic E-state index is 12.3. The molecule has 4 N–H and O–H groups in total. The number of hydrogen-bond donors (Lipinski definition) is 3. The van der Waals surface area contributed by atoms with Crippen LogP contribution >= 0.6 is 0 Å². The van der Waals surface area contributed by atoms with Crippen LogP contribution in [0.3, 0.4) is 0 Å². The van der Waals surface area contributed by atoms with Crippen molar-refractivity contribution >= 4 is 17.4 Å². The number of aromatic nitrogens is 2. The van der Waals surface area contributed by atoms with Crippen molar-refractivity contribution in [3.8, 4) is 6.07 Å². The zero-order valence-corrected chi connectivity index (χ0v) is 20.2. The van der Waals surface area contributed by atoms with Gasteiger partial charge in [0.15, 0.2) is 5.82 Å². The normalized spacial score (nSPS) is 21.0. The van der Waals surface area contributed by atoms with Gasteiger partial charge in [0.05, 0.1) is 23.6 Å². The number of nitriles is 1. The van der Waals surface area contributed by atoms with Gasteiger partial charge >= 0.3 is 0 Å². The molecule has 3 fully saturated rings. The highest BCUT2D eigenvalue weighted by atomic mass is 16.3. The number of nitrogens with one attached hydrogen (secondary N) is 1. The second kappa shape index (κ2) is 9.97. The summed E-state index contributed by atoms with van der Waals surface area (Å²) in [5, 5.41) is 27.2. The standard InChI is InChI=1S/C26H35N7O2/c27-12-9-26(33-18-22(23(28)34)24(30-33)29-25(35)20-5-6-20)10-15-31(16-11-26)17-19-3-7-21(8-4-19)32-13-1-2-14-32/h3-4,7-8,18,20,23,34H,1-2,5-6,9-11,13-17,28H2,(H,29,30,35). The molecular weight excluding hydrogens is 442 g/mol. The molecule has 3 aliphatic rings. The summed E-state index contributed by atoms with van der Waals surface area (Å²) >= 11 is 0. The molecule has 0 bridgehead atoms. The molecule has 1 atom stereocenters. The Kier molecular flexibility index (Phi) is 6.78. The number of nitrogens with two attached hydrogens (primary N) is 1. The number of rotatable bonds is 8. The second-order valence-corrected chi connectivity index (χ2v) is 10.3. The number of benzene rings is 1. The highest BCUT2D eigenvalue weighted by molar-refractivity contribution is 5.93. The van der Waals surface area contributed by atoms with Gasteiger partial charge in [-0.05, 0) is 56.2 Å². The molecule has 2 aromatic rings. The van der Waals surface area contributed by atoms with E-state index in [0.29, 0.717) is 17.8 Å². The van der Waals surface area contributed by atoms with E-state index in [1.165, 1.54) is 24.1 Å². The Hall–Kier alpha value is -2.93. The fourth-order valence-electron chi connectivity index (χ4n) is 5.32. The first kappa shape index (κ1) is 23.8. The van der Waals surface area contributed by atoms with Crippen LogP contribution in [-0.4, -0.2) is 51.9 Å². The Morgan fingerprint density at radius 1 is 1.20 bits per heavy atom. The summed E-state index contributed by atoms with van der Waals surface area (Å²) < 4.78 is 1.77. The van der Waals surface area contributed by atoms with E-state index in [1.54, 1.807) is 10.9 Å². The lowest BCUT2D eigenvalue weighted by atomic mass is 9.84. The molecule has 1 unspecified atom stereocenters. The molecule has 186 valence electrons. The second-order valence-electron chi connectivity index (χ2n) is 10.3. The average Bonchev–Trinajstić information content (AvgIpc) is 3.39. The maximum absolute atomic E-state index is 12.3. The zero-order chi connectivity index (χ0) is 24.4. The summed E-state index contributed by atoms with van der Waals surface area (Å²) in [6, 6.07) is 11.2. The van der Waals surface area contributed by atoms with Gasteiger partial charge < -0.3 is 21.1 Å². The van der Waals surface area contributed by atoms with E-state index in [1.807, 2.05) is 0 Å². The molecule has 0 radical (unpaired) electrons. The number of amides is 1. The Morgan fingerprint density at radius 3 is 2.49 bits per heavy atom. The largest absolute Gasteiger partial charge is 0.374 e. The van der Waals surface area contributed by atoms with Gasteiger partial charge in [-0.25, -0.2) is 0 Å². The summed E-state index contributed by atoms with van der Waals surface area (Å²) in [5.41, 5.74) is 8.27. The number of aliphatic hydroxyl groups excluding tert-OH is 1. The number of carbonyl (C=O) groups excluding carboxylic acids is 1. The molecule has 0 spiro atoms. The third kappa shape index (κ3) is 5.20. The quantitative estimate of drug-likeness (QED) is 0.500. The first-order valence-electron chi connectivity index (χ1n) is 12.8. The molecule has 35 heavy (non-hydrogen) atoms. The van der Waals surface area contributed by atoms with Crippen LogP contribution in [0.15, 0.2) is 30.5 Å². The van der Waals surface area contributed by atoms with Crippen molar-refractivity contribution in [1.29, 1.82) is 5.26 Å². The molecular formula is C26H35N7O2. The Morgan fingerprint density at radius 2 is 1.89 bits per heavy atom. The summed E-state index contributed by atoms with van der Waals surface area (Å²) in [6.45, 7) is 4.83. The van der Waals surface area contributed by atoms with Crippen molar-refractivity contribution in [1.82, 2.24) is 14.7 Å². The molecule has 1 aliphatic carbocycles. The minimum Gasteiger partial charge on any atom is -0.374 e. The van der Waals surface area contributed by atoms with Gasteiger partial charge in [-0.15, -0.1) is 0 Å². The number of hydrogen-bond acceptors (Lipinski definition) is 7. The lowest BCUT2D eigenvalue weighted by molar-refractivity contribution is -0.117. The van der Waals surface area contributed by atoms with E-state index in [2.05, 4.69) is 50.5 Å². The predicted octanol–water partition coefficient (Wildman–Crippen LogP) is 2.69. The fraction of sp³-hybridized carbons (Fsp3) is 0.577. The van der Waals surface area contributed by atoms with Crippen LogP contribution in [0, 0.1) is 17.2 Å². The Labute approximate surface area is 206 Å². The van der Waals surface area contributed by atoms with E-state index in [9.17, 15) is 15.2 Å². The van der Waals surface area contributed by atoms with Crippen LogP contribution in [-0.2, 0) is 16.9 Å². The average molecular weight is 478 g/mol. The van der Waals surface area contributed by atoms with Crippen LogP contribution in [0.4, 0.5) is 11.5 Å². The van der Waals surface area contributed by atoms with Crippen molar-refractivity contribution in [2.75, 3.05) is 36.4 Å². The van der Waals surface area contributed by atoms with Gasteiger partial charge in [-0.1, -0.05) is 12.1 Å². The molecule has 2 aliphatic heterocycles. The van der Waals surface area contributed by atoms with Crippen molar-refractivity contribution in [3.05, 3.63) is 41.6 Å². The number of anilines is 2. The minimum atomic E-state index is -1.25. The molecule has 9 nitrogen and oxygen atoms in total. The van der Waals surface area contributed by atoms with E-state index in [0.717, 1.165) is 58.4 Å². The van der Waals surface area contributed by atoms with E-state index in [-0.39, 0.29) is 11.8 Å². The van der Waals surface area contributed by atoms with Crippen molar-refractivity contribution in [2.45, 2.75) is 63.3 Å². The third-order valence-electron chi connectivity index (χ3n) is 7.75. The Balaban J connectivity index is 1.26. The van der Waals surface area contributed by atoms with Gasteiger partial charge in [-0.2, -0.15) is 10.4 Å². The molecule has 1 saturated carbocycles. The van der Waals surface area contributed by atoms with Gasteiger partial charge in [0.2, 0.25) is 5.91 Å². The summed E-state index contributed by atoms with van der Waals surface area (Å²) in [7, 11) is 0. The Bertz CT molecular complexity index is 1070. The number of nitrogens with zero attached hydrogens (tertiary/aromatic N) is 5. The summed E-state index contributed by atoms with van der Waals surface area (Å²) in [4.78, 5) is 17.2. The molecule has 5 rings (SSSR count). The molecule has 3 heterocycles. The molecule has 2 saturated heterocycles. The number of piperidine rings is 1. The third-order valence-corrected chi connectivity index (χ3v) is 7.75. The molecule has 1 amide bonds. The monoisotopic (exact) mass is 477 g/mol. The van der Waals surface area contributed by atoms with Crippen molar-refractivity contribution in [2.24, 2.45) is 11.7 Å². The van der Waals surface area contributed by atoms with E-state index >= 15 is 0 Å². The molecule has 9 heteroatoms. The smallest absolute Gasteiger partial charge is 0.228 e. The van der Waals surface area contributed by atoms with Gasteiger partial charge in [0, 0.05) is 50.5 Å². The van der Waals surface area contributed by atoms with Crippen LogP contribution in [0.5, 0.6) is 0 Å². The van der Waals surface area contributed by atoms with Gasteiger partial charge in [-0.3, -0.25) is 14.4 Å². The van der Waals surface area contributed by atoms with Crippen LogP contribution < -0.4 is 16.0 Å². The molecule has 1 aromatic carbocycles. The summed E-state index contributed by atoms with van der Waals surface area (Å²) in [6.07, 6.45) is 6.58. The predicted molar refractivity (Wildman–Crippen MR) is 133 cm³/mol. The first-order chi connectivity index (χ1) is 17.0. The van der Waals surface area contributed by atoms with Crippen LogP contribution in [0.2, 0.25) is 0 Å². The first-order valence-corrected chi connectivity index (χ1v) is 12.8.